The van der Waals surface area contributed by atoms with Crippen molar-refractivity contribution in [3.8, 4) is 11.5 Å². The van der Waals surface area contributed by atoms with Gasteiger partial charge in [-0.1, -0.05) is 30.3 Å². The minimum absolute atomic E-state index is 0.453. The SMILES string of the molecule is O=CCc1cccc2c1Cc1ccccc1O2. The lowest BCUT2D eigenvalue weighted by atomic mass is 9.95. The van der Waals surface area contributed by atoms with Crippen molar-refractivity contribution < 1.29 is 9.53 Å². The van der Waals surface area contributed by atoms with Crippen molar-refractivity contribution in [3.05, 3.63) is 59.2 Å². The Morgan fingerprint density at radius 1 is 1.06 bits per heavy atom. The van der Waals surface area contributed by atoms with Gasteiger partial charge in [0.15, 0.2) is 0 Å². The zero-order valence-corrected chi connectivity index (χ0v) is 9.35. The number of ether oxygens (including phenoxy) is 1. The van der Waals surface area contributed by atoms with E-state index in [1.54, 1.807) is 0 Å². The van der Waals surface area contributed by atoms with Crippen LogP contribution in [0, 0.1) is 0 Å². The third-order valence-electron chi connectivity index (χ3n) is 3.09. The van der Waals surface area contributed by atoms with Gasteiger partial charge in [-0.05, 0) is 23.3 Å². The van der Waals surface area contributed by atoms with Gasteiger partial charge in [-0.25, -0.2) is 0 Å². The Morgan fingerprint density at radius 3 is 2.76 bits per heavy atom. The first-order valence-corrected chi connectivity index (χ1v) is 5.68. The smallest absolute Gasteiger partial charge is 0.131 e. The monoisotopic (exact) mass is 224 g/mol. The molecule has 0 N–H and O–H groups in total. The van der Waals surface area contributed by atoms with E-state index in [1.165, 1.54) is 5.56 Å². The van der Waals surface area contributed by atoms with Crippen LogP contribution >= 0.6 is 0 Å². The molecule has 17 heavy (non-hydrogen) atoms. The second-order valence-electron chi connectivity index (χ2n) is 4.15. The highest BCUT2D eigenvalue weighted by atomic mass is 16.5. The maximum atomic E-state index is 10.7. The average Bonchev–Trinajstić information content (AvgIpc) is 2.37. The van der Waals surface area contributed by atoms with Crippen molar-refractivity contribution in [1.29, 1.82) is 0 Å². The van der Waals surface area contributed by atoms with Gasteiger partial charge in [-0.3, -0.25) is 0 Å². The zero-order valence-electron chi connectivity index (χ0n) is 9.35. The van der Waals surface area contributed by atoms with Crippen LogP contribution in [0.15, 0.2) is 42.5 Å². The van der Waals surface area contributed by atoms with Gasteiger partial charge >= 0.3 is 0 Å². The van der Waals surface area contributed by atoms with Crippen molar-refractivity contribution in [1.82, 2.24) is 0 Å². The van der Waals surface area contributed by atoms with Gasteiger partial charge in [0.2, 0.25) is 0 Å². The van der Waals surface area contributed by atoms with Crippen LogP contribution in [-0.4, -0.2) is 6.29 Å². The molecule has 2 aromatic carbocycles. The number of para-hydroxylation sites is 1. The molecule has 0 spiro atoms. The highest BCUT2D eigenvalue weighted by Gasteiger charge is 2.18. The van der Waals surface area contributed by atoms with Crippen LogP contribution in [-0.2, 0) is 17.6 Å². The van der Waals surface area contributed by atoms with Gasteiger partial charge in [0.25, 0.3) is 0 Å². The molecule has 0 aromatic heterocycles. The summed E-state index contributed by atoms with van der Waals surface area (Å²) in [7, 11) is 0. The number of benzene rings is 2. The molecule has 0 saturated carbocycles. The molecule has 2 aromatic rings. The first-order chi connectivity index (χ1) is 8.38. The van der Waals surface area contributed by atoms with E-state index in [1.807, 2.05) is 36.4 Å². The van der Waals surface area contributed by atoms with Crippen LogP contribution < -0.4 is 4.74 Å². The molecule has 0 aliphatic carbocycles. The van der Waals surface area contributed by atoms with Gasteiger partial charge in [0.1, 0.15) is 17.8 Å². The molecule has 0 unspecified atom stereocenters. The predicted molar refractivity (Wildman–Crippen MR) is 65.5 cm³/mol. The molecule has 2 heteroatoms. The minimum Gasteiger partial charge on any atom is -0.457 e. The van der Waals surface area contributed by atoms with Crippen LogP contribution in [0.1, 0.15) is 16.7 Å². The summed E-state index contributed by atoms with van der Waals surface area (Å²) in [5.41, 5.74) is 3.38. The van der Waals surface area contributed by atoms with E-state index in [2.05, 4.69) is 6.07 Å². The van der Waals surface area contributed by atoms with Gasteiger partial charge in [0.05, 0.1) is 0 Å². The zero-order chi connectivity index (χ0) is 11.7. The molecule has 3 rings (SSSR count). The Balaban J connectivity index is 2.08. The first-order valence-electron chi connectivity index (χ1n) is 5.68. The molecule has 2 nitrogen and oxygen atoms in total. The quantitative estimate of drug-likeness (QED) is 0.625. The fraction of sp³-hybridized carbons (Fsp3) is 0.133. The molecular formula is C15H12O2. The Morgan fingerprint density at radius 2 is 1.88 bits per heavy atom. The average molecular weight is 224 g/mol. The maximum Gasteiger partial charge on any atom is 0.131 e. The summed E-state index contributed by atoms with van der Waals surface area (Å²) in [6.45, 7) is 0. The Hall–Kier alpha value is -2.09. The number of aldehydes is 1. The van der Waals surface area contributed by atoms with Gasteiger partial charge in [0, 0.05) is 18.4 Å². The molecule has 0 atom stereocenters. The molecule has 0 bridgehead atoms. The molecule has 0 fully saturated rings. The lowest BCUT2D eigenvalue weighted by Crippen LogP contribution is -2.06. The number of carbonyl (C=O) groups excluding carboxylic acids is 1. The summed E-state index contributed by atoms with van der Waals surface area (Å²) < 4.78 is 5.85. The van der Waals surface area contributed by atoms with E-state index in [0.717, 1.165) is 35.3 Å². The van der Waals surface area contributed by atoms with Crippen LogP contribution in [0.5, 0.6) is 11.5 Å². The lowest BCUT2D eigenvalue weighted by molar-refractivity contribution is -0.107. The standard InChI is InChI=1S/C15H12O2/c16-9-8-11-5-3-7-15-13(11)10-12-4-1-2-6-14(12)17-15/h1-7,9H,8,10H2. The van der Waals surface area contributed by atoms with E-state index < -0.39 is 0 Å². The summed E-state index contributed by atoms with van der Waals surface area (Å²) in [5.74, 6) is 1.80. The third kappa shape index (κ3) is 1.72. The maximum absolute atomic E-state index is 10.7. The largest absolute Gasteiger partial charge is 0.457 e. The van der Waals surface area contributed by atoms with E-state index in [9.17, 15) is 4.79 Å². The summed E-state index contributed by atoms with van der Waals surface area (Å²) >= 11 is 0. The fourth-order valence-corrected chi connectivity index (χ4v) is 2.25. The van der Waals surface area contributed by atoms with Crippen molar-refractivity contribution in [2.75, 3.05) is 0 Å². The van der Waals surface area contributed by atoms with Gasteiger partial charge < -0.3 is 9.53 Å². The van der Waals surface area contributed by atoms with Crippen LogP contribution in [0.3, 0.4) is 0 Å². The number of fused-ring (bicyclic) bond motifs is 2. The van der Waals surface area contributed by atoms with Crippen LogP contribution in [0.2, 0.25) is 0 Å². The van der Waals surface area contributed by atoms with E-state index in [0.29, 0.717) is 6.42 Å². The van der Waals surface area contributed by atoms with Crippen LogP contribution in [0.25, 0.3) is 0 Å². The number of rotatable bonds is 2. The summed E-state index contributed by atoms with van der Waals surface area (Å²) in [6.07, 6.45) is 2.24. The van der Waals surface area contributed by atoms with Crippen LogP contribution in [0.4, 0.5) is 0 Å². The predicted octanol–water partition coefficient (Wildman–Crippen LogP) is 3.12. The van der Waals surface area contributed by atoms with Crippen molar-refractivity contribution in [2.45, 2.75) is 12.8 Å². The molecular weight excluding hydrogens is 212 g/mol. The molecule has 1 aliphatic heterocycles. The minimum atomic E-state index is 0.453. The van der Waals surface area contributed by atoms with Crippen molar-refractivity contribution >= 4 is 6.29 Å². The molecule has 0 amide bonds. The van der Waals surface area contributed by atoms with E-state index in [-0.39, 0.29) is 0 Å². The molecule has 84 valence electrons. The summed E-state index contributed by atoms with van der Waals surface area (Å²) in [4.78, 5) is 10.7. The number of hydrogen-bond acceptors (Lipinski definition) is 2. The molecule has 0 radical (unpaired) electrons. The summed E-state index contributed by atoms with van der Waals surface area (Å²) in [6, 6.07) is 13.9. The van der Waals surface area contributed by atoms with Crippen molar-refractivity contribution in [3.63, 3.8) is 0 Å². The number of hydrogen-bond donors (Lipinski definition) is 0. The Bertz CT molecular complexity index is 573. The Labute approximate surface area is 99.9 Å². The van der Waals surface area contributed by atoms with E-state index in [4.69, 9.17) is 4.74 Å². The van der Waals surface area contributed by atoms with Gasteiger partial charge in [-0.2, -0.15) is 0 Å². The highest BCUT2D eigenvalue weighted by Crippen LogP contribution is 2.37. The molecule has 1 aliphatic rings. The van der Waals surface area contributed by atoms with Crippen molar-refractivity contribution in [2.24, 2.45) is 0 Å². The summed E-state index contributed by atoms with van der Waals surface area (Å²) in [5, 5.41) is 0. The van der Waals surface area contributed by atoms with E-state index >= 15 is 0 Å². The fourth-order valence-electron chi connectivity index (χ4n) is 2.25. The Kier molecular flexibility index (Phi) is 2.41. The van der Waals surface area contributed by atoms with Gasteiger partial charge in [-0.15, -0.1) is 0 Å². The third-order valence-corrected chi connectivity index (χ3v) is 3.09. The highest BCUT2D eigenvalue weighted by molar-refractivity contribution is 5.60. The second-order valence-corrected chi connectivity index (χ2v) is 4.15. The normalized spacial score (nSPS) is 12.2. The topological polar surface area (TPSA) is 26.3 Å². The second kappa shape index (κ2) is 4.06. The number of carbonyl (C=O) groups is 1. The molecule has 0 saturated heterocycles. The molecule has 1 heterocycles. The first kappa shape index (κ1) is 10.1. The lowest BCUT2D eigenvalue weighted by Gasteiger charge is -2.21.